The molecule has 2 aliphatic heterocycles. The van der Waals surface area contributed by atoms with Gasteiger partial charge in [0.15, 0.2) is 5.43 Å². The summed E-state index contributed by atoms with van der Waals surface area (Å²) in [5.74, 6) is 0.0343. The van der Waals surface area contributed by atoms with Crippen LogP contribution in [0.2, 0.25) is 0 Å². The topological polar surface area (TPSA) is 71.8 Å². The first-order chi connectivity index (χ1) is 13.0. The first-order valence-electron chi connectivity index (χ1n) is 9.69. The van der Waals surface area contributed by atoms with Crippen molar-refractivity contribution < 1.29 is 14.6 Å². The number of aromatic nitrogens is 1. The number of aryl methyl sites for hydroxylation is 1. The van der Waals surface area contributed by atoms with E-state index in [-0.39, 0.29) is 17.9 Å². The Morgan fingerprint density at radius 2 is 2.04 bits per heavy atom. The number of para-hydroxylation sites is 1. The van der Waals surface area contributed by atoms with Crippen LogP contribution in [0, 0.1) is 6.92 Å². The third-order valence-electron chi connectivity index (χ3n) is 6.10. The van der Waals surface area contributed by atoms with Gasteiger partial charge in [0.05, 0.1) is 17.2 Å². The summed E-state index contributed by atoms with van der Waals surface area (Å²) in [6.07, 6.45) is 2.57. The first kappa shape index (κ1) is 18.2. The predicted molar refractivity (Wildman–Crippen MR) is 103 cm³/mol. The Kier molecular flexibility index (Phi) is 4.78. The van der Waals surface area contributed by atoms with Crippen molar-refractivity contribution >= 4 is 16.8 Å². The Morgan fingerprint density at radius 1 is 1.30 bits per heavy atom. The van der Waals surface area contributed by atoms with E-state index in [0.717, 1.165) is 24.1 Å². The van der Waals surface area contributed by atoms with Gasteiger partial charge in [-0.3, -0.25) is 9.59 Å². The summed E-state index contributed by atoms with van der Waals surface area (Å²) in [4.78, 5) is 27.0. The lowest BCUT2D eigenvalue weighted by Crippen LogP contribution is -2.56. The van der Waals surface area contributed by atoms with E-state index in [2.05, 4.69) is 0 Å². The molecule has 1 amide bonds. The van der Waals surface area contributed by atoms with Crippen LogP contribution in [0.5, 0.6) is 0 Å². The molecule has 3 heterocycles. The van der Waals surface area contributed by atoms with E-state index in [1.807, 2.05) is 34.6 Å². The molecular formula is C21H26N2O4. The van der Waals surface area contributed by atoms with Gasteiger partial charge in [0.25, 0.3) is 0 Å². The summed E-state index contributed by atoms with van der Waals surface area (Å²) >= 11 is 0. The van der Waals surface area contributed by atoms with Gasteiger partial charge in [0, 0.05) is 36.8 Å². The van der Waals surface area contributed by atoms with Crippen LogP contribution in [-0.4, -0.2) is 51.9 Å². The molecule has 0 aliphatic carbocycles. The Balaban J connectivity index is 1.51. The minimum Gasteiger partial charge on any atom is -0.390 e. The fourth-order valence-corrected chi connectivity index (χ4v) is 4.42. The Hall–Kier alpha value is -2.18. The molecule has 144 valence electrons. The molecule has 0 radical (unpaired) electrons. The van der Waals surface area contributed by atoms with Gasteiger partial charge in [-0.15, -0.1) is 0 Å². The van der Waals surface area contributed by atoms with Gasteiger partial charge in [0.1, 0.15) is 6.54 Å². The van der Waals surface area contributed by atoms with Crippen molar-refractivity contribution in [3.05, 3.63) is 46.2 Å². The highest BCUT2D eigenvalue weighted by atomic mass is 16.5. The van der Waals surface area contributed by atoms with Crippen LogP contribution in [-0.2, 0) is 16.1 Å². The molecule has 1 spiro atoms. The van der Waals surface area contributed by atoms with Crippen LogP contribution in [0.15, 0.2) is 35.1 Å². The van der Waals surface area contributed by atoms with Crippen molar-refractivity contribution in [1.29, 1.82) is 0 Å². The van der Waals surface area contributed by atoms with Gasteiger partial charge < -0.3 is 19.3 Å². The van der Waals surface area contributed by atoms with E-state index in [9.17, 15) is 14.7 Å². The molecule has 1 aromatic carbocycles. The van der Waals surface area contributed by atoms with E-state index in [4.69, 9.17) is 4.74 Å². The van der Waals surface area contributed by atoms with Crippen molar-refractivity contribution in [2.45, 2.75) is 50.9 Å². The molecule has 0 unspecified atom stereocenters. The SMILES string of the molecule is Cc1cc(=O)c2ccccc2n1CC(=O)N1CCC2(CC1)OCCC[C@H]2O. The lowest BCUT2D eigenvalue weighted by Gasteiger charge is -2.46. The number of aliphatic hydroxyl groups excluding tert-OH is 1. The molecule has 4 rings (SSSR count). The zero-order valence-electron chi connectivity index (χ0n) is 15.7. The number of benzene rings is 1. The second-order valence-corrected chi connectivity index (χ2v) is 7.71. The number of aliphatic hydroxyl groups is 1. The molecule has 1 atom stereocenters. The second kappa shape index (κ2) is 7.09. The van der Waals surface area contributed by atoms with Crippen molar-refractivity contribution in [1.82, 2.24) is 9.47 Å². The smallest absolute Gasteiger partial charge is 0.242 e. The van der Waals surface area contributed by atoms with Gasteiger partial charge in [-0.2, -0.15) is 0 Å². The number of nitrogens with zero attached hydrogens (tertiary/aromatic N) is 2. The molecule has 1 N–H and O–H groups in total. The molecule has 2 fully saturated rings. The molecular weight excluding hydrogens is 344 g/mol. The Labute approximate surface area is 158 Å². The highest BCUT2D eigenvalue weighted by Gasteiger charge is 2.44. The normalized spacial score (nSPS) is 22.3. The number of likely N-dealkylation sites (tertiary alicyclic amines) is 1. The Bertz CT molecular complexity index is 912. The largest absolute Gasteiger partial charge is 0.390 e. The quantitative estimate of drug-likeness (QED) is 0.876. The van der Waals surface area contributed by atoms with Crippen LogP contribution < -0.4 is 5.43 Å². The van der Waals surface area contributed by atoms with Crippen LogP contribution >= 0.6 is 0 Å². The minimum atomic E-state index is -0.477. The highest BCUT2D eigenvalue weighted by molar-refractivity contribution is 5.82. The second-order valence-electron chi connectivity index (χ2n) is 7.71. The number of piperidine rings is 1. The number of fused-ring (bicyclic) bond motifs is 1. The van der Waals surface area contributed by atoms with E-state index < -0.39 is 11.7 Å². The molecule has 6 nitrogen and oxygen atoms in total. The average molecular weight is 370 g/mol. The summed E-state index contributed by atoms with van der Waals surface area (Å²) < 4.78 is 7.84. The average Bonchev–Trinajstić information content (AvgIpc) is 2.68. The van der Waals surface area contributed by atoms with Gasteiger partial charge in [0.2, 0.25) is 5.91 Å². The summed E-state index contributed by atoms with van der Waals surface area (Å²) in [5.41, 5.74) is 1.08. The van der Waals surface area contributed by atoms with E-state index in [1.54, 1.807) is 12.1 Å². The molecule has 1 aromatic heterocycles. The van der Waals surface area contributed by atoms with Crippen molar-refractivity contribution in [3.63, 3.8) is 0 Å². The van der Waals surface area contributed by atoms with Crippen LogP contribution in [0.3, 0.4) is 0 Å². The van der Waals surface area contributed by atoms with E-state index >= 15 is 0 Å². The first-order valence-corrected chi connectivity index (χ1v) is 9.69. The van der Waals surface area contributed by atoms with Crippen molar-refractivity contribution in [2.75, 3.05) is 19.7 Å². The minimum absolute atomic E-state index is 0.0184. The monoisotopic (exact) mass is 370 g/mol. The number of hydrogen-bond donors (Lipinski definition) is 1. The number of hydrogen-bond acceptors (Lipinski definition) is 4. The molecule has 6 heteroatoms. The van der Waals surface area contributed by atoms with Crippen LogP contribution in [0.1, 0.15) is 31.4 Å². The van der Waals surface area contributed by atoms with Gasteiger partial charge in [-0.25, -0.2) is 0 Å². The molecule has 0 saturated carbocycles. The highest BCUT2D eigenvalue weighted by Crippen LogP contribution is 2.35. The summed E-state index contributed by atoms with van der Waals surface area (Å²) in [6.45, 7) is 3.94. The number of amides is 1. The maximum Gasteiger partial charge on any atom is 0.242 e. The van der Waals surface area contributed by atoms with Crippen LogP contribution in [0.25, 0.3) is 10.9 Å². The molecule has 2 aromatic rings. The Morgan fingerprint density at radius 3 is 2.78 bits per heavy atom. The lowest BCUT2D eigenvalue weighted by molar-refractivity contribution is -0.179. The lowest BCUT2D eigenvalue weighted by atomic mass is 9.82. The fraction of sp³-hybridized carbons (Fsp3) is 0.524. The number of rotatable bonds is 2. The van der Waals surface area contributed by atoms with Gasteiger partial charge in [-0.05, 0) is 44.7 Å². The standard InChI is InChI=1S/C21H26N2O4/c1-15-13-18(24)16-5-2-3-6-17(16)23(15)14-20(26)22-10-8-21(9-11-22)19(25)7-4-12-27-21/h2-3,5-6,13,19,25H,4,7-12,14H2,1H3/t19-/m1/s1. The third kappa shape index (κ3) is 3.28. The fourth-order valence-electron chi connectivity index (χ4n) is 4.42. The number of pyridine rings is 1. The zero-order chi connectivity index (χ0) is 19.0. The maximum atomic E-state index is 12.9. The number of carbonyl (C=O) groups excluding carboxylic acids is 1. The third-order valence-corrected chi connectivity index (χ3v) is 6.10. The summed E-state index contributed by atoms with van der Waals surface area (Å²) in [6, 6.07) is 8.99. The molecule has 27 heavy (non-hydrogen) atoms. The summed E-state index contributed by atoms with van der Waals surface area (Å²) in [5, 5.41) is 11.0. The maximum absolute atomic E-state index is 12.9. The van der Waals surface area contributed by atoms with Crippen molar-refractivity contribution in [2.24, 2.45) is 0 Å². The van der Waals surface area contributed by atoms with Crippen LogP contribution in [0.4, 0.5) is 0 Å². The van der Waals surface area contributed by atoms with Crippen molar-refractivity contribution in [3.8, 4) is 0 Å². The van der Waals surface area contributed by atoms with E-state index in [0.29, 0.717) is 37.9 Å². The molecule has 2 aliphatic rings. The van der Waals surface area contributed by atoms with Gasteiger partial charge >= 0.3 is 0 Å². The zero-order valence-corrected chi connectivity index (χ0v) is 15.7. The molecule has 0 bridgehead atoms. The number of ether oxygens (including phenoxy) is 1. The van der Waals surface area contributed by atoms with E-state index in [1.165, 1.54) is 0 Å². The number of carbonyl (C=O) groups is 1. The predicted octanol–water partition coefficient (Wildman–Crippen LogP) is 1.84. The van der Waals surface area contributed by atoms with Gasteiger partial charge in [-0.1, -0.05) is 12.1 Å². The summed E-state index contributed by atoms with van der Waals surface area (Å²) in [7, 11) is 0. The molecule has 2 saturated heterocycles.